The van der Waals surface area contributed by atoms with Crippen molar-refractivity contribution < 1.29 is 13.5 Å². The van der Waals surface area contributed by atoms with E-state index < -0.39 is 10.0 Å². The van der Waals surface area contributed by atoms with Crippen LogP contribution in [-0.4, -0.2) is 49.1 Å². The molecule has 6 nitrogen and oxygen atoms in total. The fourth-order valence-corrected chi connectivity index (χ4v) is 6.85. The molecule has 2 aliphatic rings. The molecule has 3 aromatic rings. The van der Waals surface area contributed by atoms with Gasteiger partial charge in [0.2, 0.25) is 10.0 Å². The van der Waals surface area contributed by atoms with E-state index in [1.165, 1.54) is 0 Å². The predicted molar refractivity (Wildman–Crippen MR) is 132 cm³/mol. The minimum absolute atomic E-state index is 0.00995. The van der Waals surface area contributed by atoms with Gasteiger partial charge in [0.15, 0.2) is 0 Å². The SMILES string of the molecule is Cc1ccc(S(=O)(=O)N2CC[C@@H]3[C@H]2c2cc(C#Cc4cccnc4)ccc2N(C)[C@H]3CO)cc1. The molecule has 34 heavy (non-hydrogen) atoms. The fraction of sp³-hybridized carbons (Fsp3) is 0.296. The molecule has 3 heterocycles. The summed E-state index contributed by atoms with van der Waals surface area (Å²) < 4.78 is 29.0. The number of aliphatic hydroxyl groups excluding tert-OH is 1. The Morgan fingerprint density at radius 1 is 1.09 bits per heavy atom. The summed E-state index contributed by atoms with van der Waals surface area (Å²) in [5.74, 6) is 6.32. The number of hydrogen-bond donors (Lipinski definition) is 1. The highest BCUT2D eigenvalue weighted by Crippen LogP contribution is 2.50. The number of nitrogens with zero attached hydrogens (tertiary/aromatic N) is 3. The van der Waals surface area contributed by atoms with Crippen molar-refractivity contribution in [3.63, 3.8) is 0 Å². The fourth-order valence-electron chi connectivity index (χ4n) is 5.19. The van der Waals surface area contributed by atoms with Gasteiger partial charge in [-0.3, -0.25) is 4.98 Å². The summed E-state index contributed by atoms with van der Waals surface area (Å²) in [5, 5.41) is 10.2. The van der Waals surface area contributed by atoms with Crippen molar-refractivity contribution in [2.75, 3.05) is 25.1 Å². The Morgan fingerprint density at radius 2 is 1.85 bits per heavy atom. The number of anilines is 1. The second kappa shape index (κ2) is 8.88. The highest BCUT2D eigenvalue weighted by molar-refractivity contribution is 7.89. The predicted octanol–water partition coefficient (Wildman–Crippen LogP) is 3.35. The van der Waals surface area contributed by atoms with E-state index in [1.54, 1.807) is 28.8 Å². The van der Waals surface area contributed by atoms with Gasteiger partial charge in [0, 0.05) is 48.7 Å². The molecule has 0 bridgehead atoms. The molecular weight excluding hydrogens is 446 g/mol. The lowest BCUT2D eigenvalue weighted by molar-refractivity contribution is 0.193. The van der Waals surface area contributed by atoms with Gasteiger partial charge in [-0.05, 0) is 61.4 Å². The van der Waals surface area contributed by atoms with Crippen molar-refractivity contribution in [2.24, 2.45) is 5.92 Å². The van der Waals surface area contributed by atoms with Crippen LogP contribution < -0.4 is 4.90 Å². The monoisotopic (exact) mass is 473 g/mol. The third kappa shape index (κ3) is 3.88. The van der Waals surface area contributed by atoms with E-state index in [9.17, 15) is 13.5 Å². The zero-order valence-electron chi connectivity index (χ0n) is 19.2. The Labute approximate surface area is 200 Å². The Balaban J connectivity index is 1.59. The Bertz CT molecular complexity index is 1360. The van der Waals surface area contributed by atoms with Gasteiger partial charge in [-0.25, -0.2) is 8.42 Å². The van der Waals surface area contributed by atoms with Crippen LogP contribution in [0.1, 0.15) is 34.7 Å². The lowest BCUT2D eigenvalue weighted by atomic mass is 9.82. The van der Waals surface area contributed by atoms with Crippen LogP contribution in [0.25, 0.3) is 0 Å². The van der Waals surface area contributed by atoms with Crippen LogP contribution in [-0.2, 0) is 10.0 Å². The molecule has 0 spiro atoms. The molecule has 174 valence electrons. The van der Waals surface area contributed by atoms with Crippen LogP contribution in [0.2, 0.25) is 0 Å². The number of fused-ring (bicyclic) bond motifs is 3. The maximum Gasteiger partial charge on any atom is 0.243 e. The number of hydrogen-bond acceptors (Lipinski definition) is 5. The van der Waals surface area contributed by atoms with E-state index in [-0.39, 0.29) is 24.6 Å². The standard InChI is InChI=1S/C27H27N3O3S/c1-19-5-10-22(11-6-19)34(32,33)30-15-13-23-26(18-31)29(2)25-12-9-20(16-24(25)27(23)30)7-8-21-4-3-14-28-17-21/h3-6,9-12,14,16-17,23,26-27,31H,13,15,18H2,1-2H3/t23-,26-,27-/m0/s1. The van der Waals surface area contributed by atoms with Crippen LogP contribution in [0.3, 0.4) is 0 Å². The minimum Gasteiger partial charge on any atom is -0.394 e. The smallest absolute Gasteiger partial charge is 0.243 e. The molecule has 0 aliphatic carbocycles. The molecule has 3 atom stereocenters. The number of sulfonamides is 1. The van der Waals surface area contributed by atoms with Crippen LogP contribution in [0.5, 0.6) is 0 Å². The van der Waals surface area contributed by atoms with Gasteiger partial charge in [0.1, 0.15) is 0 Å². The molecule has 5 rings (SSSR count). The van der Waals surface area contributed by atoms with Gasteiger partial charge in [-0.1, -0.05) is 29.5 Å². The summed E-state index contributed by atoms with van der Waals surface area (Å²) in [6.07, 6.45) is 4.12. The Kier molecular flexibility index (Phi) is 5.90. The van der Waals surface area contributed by atoms with E-state index in [4.69, 9.17) is 0 Å². The molecule has 7 heteroatoms. The average molecular weight is 474 g/mol. The second-order valence-electron chi connectivity index (χ2n) is 8.95. The van der Waals surface area contributed by atoms with Crippen molar-refractivity contribution in [1.29, 1.82) is 0 Å². The average Bonchev–Trinajstić information content (AvgIpc) is 3.30. The molecule has 0 amide bonds. The third-order valence-electron chi connectivity index (χ3n) is 6.94. The number of aliphatic hydroxyl groups is 1. The van der Waals surface area contributed by atoms with E-state index in [1.807, 2.05) is 56.4 Å². The first-order valence-electron chi connectivity index (χ1n) is 11.4. The molecule has 0 radical (unpaired) electrons. The highest BCUT2D eigenvalue weighted by Gasteiger charge is 2.50. The summed E-state index contributed by atoms with van der Waals surface area (Å²) in [6, 6.07) is 16.2. The zero-order chi connectivity index (χ0) is 23.9. The molecule has 0 unspecified atom stereocenters. The molecular formula is C27H27N3O3S. The molecule has 1 fully saturated rings. The van der Waals surface area contributed by atoms with E-state index in [2.05, 4.69) is 21.7 Å². The number of aryl methyl sites for hydroxylation is 1. The van der Waals surface area contributed by atoms with Gasteiger partial charge in [-0.15, -0.1) is 0 Å². The molecule has 1 N–H and O–H groups in total. The first-order chi connectivity index (χ1) is 16.4. The lowest BCUT2D eigenvalue weighted by Gasteiger charge is -2.44. The molecule has 2 aliphatic heterocycles. The van der Waals surface area contributed by atoms with Gasteiger partial charge in [0.05, 0.1) is 23.6 Å². The van der Waals surface area contributed by atoms with Gasteiger partial charge in [0.25, 0.3) is 0 Å². The topological polar surface area (TPSA) is 73.7 Å². The first kappa shape index (κ1) is 22.6. The Hall–Kier alpha value is -3.18. The maximum absolute atomic E-state index is 13.7. The zero-order valence-corrected chi connectivity index (χ0v) is 20.0. The number of rotatable bonds is 3. The Morgan fingerprint density at radius 3 is 2.56 bits per heavy atom. The third-order valence-corrected chi connectivity index (χ3v) is 8.84. The summed E-state index contributed by atoms with van der Waals surface area (Å²) in [4.78, 5) is 6.48. The van der Waals surface area contributed by atoms with E-state index in [0.29, 0.717) is 17.9 Å². The number of aromatic nitrogens is 1. The highest BCUT2D eigenvalue weighted by atomic mass is 32.2. The van der Waals surface area contributed by atoms with Crippen molar-refractivity contribution in [2.45, 2.75) is 30.3 Å². The first-order valence-corrected chi connectivity index (χ1v) is 12.8. The van der Waals surface area contributed by atoms with Crippen LogP contribution in [0.4, 0.5) is 5.69 Å². The van der Waals surface area contributed by atoms with Crippen LogP contribution in [0.15, 0.2) is 71.9 Å². The number of pyridine rings is 1. The second-order valence-corrected chi connectivity index (χ2v) is 10.8. The van der Waals surface area contributed by atoms with E-state index >= 15 is 0 Å². The quantitative estimate of drug-likeness (QED) is 0.591. The molecule has 0 saturated carbocycles. The van der Waals surface area contributed by atoms with Crippen molar-refractivity contribution >= 4 is 15.7 Å². The van der Waals surface area contributed by atoms with Crippen molar-refractivity contribution in [1.82, 2.24) is 9.29 Å². The van der Waals surface area contributed by atoms with Crippen molar-refractivity contribution in [3.05, 3.63) is 89.2 Å². The van der Waals surface area contributed by atoms with E-state index in [0.717, 1.165) is 27.9 Å². The number of likely N-dealkylation sites (N-methyl/N-ethyl adjacent to an activating group) is 1. The largest absolute Gasteiger partial charge is 0.394 e. The molecule has 1 saturated heterocycles. The molecule has 2 aromatic carbocycles. The maximum atomic E-state index is 13.7. The van der Waals surface area contributed by atoms with Gasteiger partial charge < -0.3 is 10.0 Å². The lowest BCUT2D eigenvalue weighted by Crippen LogP contribution is -2.48. The summed E-state index contributed by atoms with van der Waals surface area (Å²) in [7, 11) is -1.73. The van der Waals surface area contributed by atoms with Crippen molar-refractivity contribution in [3.8, 4) is 11.8 Å². The van der Waals surface area contributed by atoms with Gasteiger partial charge >= 0.3 is 0 Å². The van der Waals surface area contributed by atoms with Crippen LogP contribution in [0, 0.1) is 24.7 Å². The number of benzene rings is 2. The minimum atomic E-state index is -3.70. The summed E-state index contributed by atoms with van der Waals surface area (Å²) >= 11 is 0. The van der Waals surface area contributed by atoms with Gasteiger partial charge in [-0.2, -0.15) is 4.31 Å². The summed E-state index contributed by atoms with van der Waals surface area (Å²) in [6.45, 7) is 2.33. The van der Waals surface area contributed by atoms with Crippen LogP contribution >= 0.6 is 0 Å². The normalized spacial score (nSPS) is 22.0. The molecule has 1 aromatic heterocycles. The summed E-state index contributed by atoms with van der Waals surface area (Å²) in [5.41, 5.74) is 4.51.